The Morgan fingerprint density at radius 3 is 2.36 bits per heavy atom. The number of aryl methyl sites for hydroxylation is 1. The van der Waals surface area contributed by atoms with Gasteiger partial charge in [0.15, 0.2) is 0 Å². The maximum absolute atomic E-state index is 12.1. The van der Waals surface area contributed by atoms with Crippen molar-refractivity contribution in [2.45, 2.75) is 38.0 Å². The molecule has 0 heterocycles. The summed E-state index contributed by atoms with van der Waals surface area (Å²) in [5, 5.41) is 3.82. The molecule has 0 radical (unpaired) electrons. The van der Waals surface area contributed by atoms with Crippen molar-refractivity contribution in [1.29, 1.82) is 0 Å². The first-order valence-corrected chi connectivity index (χ1v) is 9.84. The van der Waals surface area contributed by atoms with E-state index in [2.05, 4.69) is 16.9 Å². The summed E-state index contributed by atoms with van der Waals surface area (Å²) >= 11 is 0. The van der Waals surface area contributed by atoms with Gasteiger partial charge in [0.2, 0.25) is 0 Å². The lowest BCUT2D eigenvalue weighted by Gasteiger charge is -2.06. The Balaban J connectivity index is 1.90. The molecule has 1 N–H and O–H groups in total. The van der Waals surface area contributed by atoms with Crippen LogP contribution in [0.4, 0.5) is 0 Å². The first kappa shape index (κ1) is 19.0. The minimum Gasteiger partial charge on any atom is -0.494 e. The molecule has 25 heavy (non-hydrogen) atoms. The normalized spacial score (nSPS) is 11.6. The average molecular weight is 360 g/mol. The van der Waals surface area contributed by atoms with Gasteiger partial charge >= 0.3 is 0 Å². The molecule has 0 bridgehead atoms. The van der Waals surface area contributed by atoms with Gasteiger partial charge in [0.25, 0.3) is 10.0 Å². The molecule has 0 aliphatic heterocycles. The Morgan fingerprint density at radius 1 is 1.04 bits per heavy atom. The molecule has 0 unspecified atom stereocenters. The number of hydrogen-bond acceptors (Lipinski definition) is 4. The summed E-state index contributed by atoms with van der Waals surface area (Å²) in [6.45, 7) is 4.76. The number of hydrogen-bond donors (Lipinski definition) is 1. The number of unbranched alkanes of at least 4 members (excludes halogenated alkanes) is 2. The molecule has 0 fully saturated rings. The molecule has 0 saturated carbocycles. The van der Waals surface area contributed by atoms with Crippen LogP contribution in [0, 0.1) is 6.92 Å². The van der Waals surface area contributed by atoms with Crippen LogP contribution in [0.5, 0.6) is 5.75 Å². The number of ether oxygens (including phenoxy) is 1. The molecule has 2 aromatic carbocycles. The van der Waals surface area contributed by atoms with Crippen molar-refractivity contribution in [2.75, 3.05) is 6.61 Å². The first-order valence-electron chi connectivity index (χ1n) is 8.35. The van der Waals surface area contributed by atoms with Crippen LogP contribution in [-0.2, 0) is 10.0 Å². The van der Waals surface area contributed by atoms with Gasteiger partial charge in [-0.2, -0.15) is 13.5 Å². The monoisotopic (exact) mass is 360 g/mol. The lowest BCUT2D eigenvalue weighted by Crippen LogP contribution is -2.18. The van der Waals surface area contributed by atoms with Crippen molar-refractivity contribution >= 4 is 16.2 Å². The SMILES string of the molecule is CCCCCOc1ccc(/C=N\NS(=O)(=O)c2ccc(C)cc2)cc1. The number of sulfonamides is 1. The van der Waals surface area contributed by atoms with Crippen LogP contribution < -0.4 is 9.57 Å². The average Bonchev–Trinajstić information content (AvgIpc) is 2.60. The lowest BCUT2D eigenvalue weighted by molar-refractivity contribution is 0.306. The largest absolute Gasteiger partial charge is 0.494 e. The zero-order chi connectivity index (χ0) is 18.1. The summed E-state index contributed by atoms with van der Waals surface area (Å²) in [6.07, 6.45) is 4.83. The molecule has 6 heteroatoms. The Labute approximate surface area is 149 Å². The van der Waals surface area contributed by atoms with Crippen molar-refractivity contribution in [1.82, 2.24) is 4.83 Å². The summed E-state index contributed by atoms with van der Waals surface area (Å²) in [4.78, 5) is 2.40. The summed E-state index contributed by atoms with van der Waals surface area (Å²) < 4.78 is 29.9. The van der Waals surface area contributed by atoms with Crippen LogP contribution in [0.15, 0.2) is 58.5 Å². The molecule has 5 nitrogen and oxygen atoms in total. The van der Waals surface area contributed by atoms with E-state index in [-0.39, 0.29) is 4.90 Å². The topological polar surface area (TPSA) is 67.8 Å². The second kappa shape index (κ2) is 9.22. The van der Waals surface area contributed by atoms with Crippen molar-refractivity contribution in [2.24, 2.45) is 5.10 Å². The van der Waals surface area contributed by atoms with Crippen LogP contribution in [0.2, 0.25) is 0 Å². The molecule has 134 valence electrons. The zero-order valence-corrected chi connectivity index (χ0v) is 15.4. The Morgan fingerprint density at radius 2 is 1.72 bits per heavy atom. The maximum Gasteiger partial charge on any atom is 0.276 e. The summed E-state index contributed by atoms with van der Waals surface area (Å²) in [7, 11) is -3.65. The highest BCUT2D eigenvalue weighted by atomic mass is 32.2. The number of nitrogens with zero attached hydrogens (tertiary/aromatic N) is 1. The predicted molar refractivity (Wildman–Crippen MR) is 101 cm³/mol. The third-order valence-electron chi connectivity index (χ3n) is 3.61. The van der Waals surface area contributed by atoms with E-state index in [1.807, 2.05) is 31.2 Å². The van der Waals surface area contributed by atoms with E-state index in [1.165, 1.54) is 6.21 Å². The Kier molecular flexibility index (Phi) is 7.01. The van der Waals surface area contributed by atoms with Crippen molar-refractivity contribution in [3.63, 3.8) is 0 Å². The molecule has 0 saturated heterocycles. The van der Waals surface area contributed by atoms with Gasteiger partial charge in [0.1, 0.15) is 5.75 Å². The standard InChI is InChI=1S/C19H24N2O3S/c1-3-4-5-14-24-18-10-8-17(9-11-18)15-20-21-25(22,23)19-12-6-16(2)7-13-19/h6-13,15,21H,3-5,14H2,1-2H3/b20-15-. The van der Waals surface area contributed by atoms with Crippen LogP contribution in [0.3, 0.4) is 0 Å². The van der Waals surface area contributed by atoms with Gasteiger partial charge in [0, 0.05) is 0 Å². The molecule has 2 aromatic rings. The van der Waals surface area contributed by atoms with Gasteiger partial charge in [0.05, 0.1) is 17.7 Å². The summed E-state index contributed by atoms with van der Waals surface area (Å²) in [6, 6.07) is 14.0. The van der Waals surface area contributed by atoms with Crippen LogP contribution >= 0.6 is 0 Å². The molecule has 2 rings (SSSR count). The third-order valence-corrected chi connectivity index (χ3v) is 4.85. The lowest BCUT2D eigenvalue weighted by atomic mass is 10.2. The fourth-order valence-electron chi connectivity index (χ4n) is 2.13. The van der Waals surface area contributed by atoms with E-state index in [9.17, 15) is 8.42 Å². The fraction of sp³-hybridized carbons (Fsp3) is 0.316. The molecule has 0 atom stereocenters. The summed E-state index contributed by atoms with van der Waals surface area (Å²) in [5.74, 6) is 0.800. The quantitative estimate of drug-likeness (QED) is 0.419. The van der Waals surface area contributed by atoms with Gasteiger partial charge in [-0.15, -0.1) is 0 Å². The maximum atomic E-state index is 12.1. The Hall–Kier alpha value is -2.34. The second-order valence-corrected chi connectivity index (χ2v) is 7.45. The zero-order valence-electron chi connectivity index (χ0n) is 14.6. The van der Waals surface area contributed by atoms with E-state index in [4.69, 9.17) is 4.74 Å². The highest BCUT2D eigenvalue weighted by Crippen LogP contribution is 2.12. The molecule has 0 aliphatic rings. The number of rotatable bonds is 9. The van der Waals surface area contributed by atoms with E-state index < -0.39 is 10.0 Å². The van der Waals surface area contributed by atoms with Crippen molar-refractivity contribution in [3.05, 3.63) is 59.7 Å². The molecule has 0 amide bonds. The fourth-order valence-corrected chi connectivity index (χ4v) is 2.92. The van der Waals surface area contributed by atoms with E-state index >= 15 is 0 Å². The predicted octanol–water partition coefficient (Wildman–Crippen LogP) is 3.88. The first-order chi connectivity index (χ1) is 12.0. The molecule has 0 spiro atoms. The van der Waals surface area contributed by atoms with Gasteiger partial charge in [-0.05, 0) is 55.3 Å². The molecular formula is C19H24N2O3S. The molecular weight excluding hydrogens is 336 g/mol. The van der Waals surface area contributed by atoms with Gasteiger partial charge < -0.3 is 4.74 Å². The number of nitrogens with one attached hydrogen (secondary N) is 1. The highest BCUT2D eigenvalue weighted by molar-refractivity contribution is 7.89. The highest BCUT2D eigenvalue weighted by Gasteiger charge is 2.11. The van der Waals surface area contributed by atoms with Crippen molar-refractivity contribution in [3.8, 4) is 5.75 Å². The Bertz CT molecular complexity index is 782. The van der Waals surface area contributed by atoms with Crippen LogP contribution in [0.1, 0.15) is 37.3 Å². The molecule has 0 aromatic heterocycles. The van der Waals surface area contributed by atoms with E-state index in [1.54, 1.807) is 24.3 Å². The van der Waals surface area contributed by atoms with E-state index in [0.29, 0.717) is 6.61 Å². The number of benzene rings is 2. The smallest absolute Gasteiger partial charge is 0.276 e. The van der Waals surface area contributed by atoms with Crippen LogP contribution in [0.25, 0.3) is 0 Å². The minimum atomic E-state index is -3.65. The summed E-state index contributed by atoms with van der Waals surface area (Å²) in [5.41, 5.74) is 1.78. The molecule has 0 aliphatic carbocycles. The third kappa shape index (κ3) is 6.23. The minimum absolute atomic E-state index is 0.186. The van der Waals surface area contributed by atoms with Crippen LogP contribution in [-0.4, -0.2) is 21.2 Å². The van der Waals surface area contributed by atoms with Gasteiger partial charge in [-0.1, -0.05) is 37.5 Å². The second-order valence-electron chi connectivity index (χ2n) is 5.79. The van der Waals surface area contributed by atoms with Gasteiger partial charge in [-0.3, -0.25) is 0 Å². The van der Waals surface area contributed by atoms with E-state index in [0.717, 1.165) is 36.1 Å². The van der Waals surface area contributed by atoms with Crippen molar-refractivity contribution < 1.29 is 13.2 Å². The number of hydrazone groups is 1. The van der Waals surface area contributed by atoms with Gasteiger partial charge in [-0.25, -0.2) is 4.83 Å².